The molecule has 0 aliphatic heterocycles. The van der Waals surface area contributed by atoms with Gasteiger partial charge in [-0.2, -0.15) is 0 Å². The van der Waals surface area contributed by atoms with Crippen molar-refractivity contribution in [2.75, 3.05) is 4.90 Å². The van der Waals surface area contributed by atoms with Gasteiger partial charge in [-0.15, -0.1) is 0 Å². The lowest BCUT2D eigenvalue weighted by molar-refractivity contribution is 0.672. The van der Waals surface area contributed by atoms with Crippen molar-refractivity contribution in [1.29, 1.82) is 0 Å². The van der Waals surface area contributed by atoms with Crippen molar-refractivity contribution in [2.45, 2.75) is 0 Å². The lowest BCUT2D eigenvalue weighted by atomic mass is 9.94. The van der Waals surface area contributed by atoms with Crippen molar-refractivity contribution in [3.05, 3.63) is 237 Å². The molecule has 2 heteroatoms. The van der Waals surface area contributed by atoms with Gasteiger partial charge < -0.3 is 9.32 Å². The summed E-state index contributed by atoms with van der Waals surface area (Å²) in [5.74, 6) is 0. The Bertz CT molecular complexity index is 3610. The van der Waals surface area contributed by atoms with Crippen LogP contribution in [0.1, 0.15) is 0 Å². The molecule has 2 nitrogen and oxygen atoms in total. The van der Waals surface area contributed by atoms with E-state index in [9.17, 15) is 0 Å². The van der Waals surface area contributed by atoms with Gasteiger partial charge in [0, 0.05) is 22.1 Å². The number of anilines is 3. The van der Waals surface area contributed by atoms with Crippen molar-refractivity contribution in [2.24, 2.45) is 0 Å². The number of hydrogen-bond acceptors (Lipinski definition) is 2. The number of benzene rings is 11. The second-order valence-electron chi connectivity index (χ2n) is 16.1. The fourth-order valence-corrected chi connectivity index (χ4v) is 9.42. The molecular formula is C60H39NO. The van der Waals surface area contributed by atoms with Crippen LogP contribution >= 0.6 is 0 Å². The summed E-state index contributed by atoms with van der Waals surface area (Å²) in [6.07, 6.45) is 0. The van der Waals surface area contributed by atoms with Gasteiger partial charge >= 0.3 is 0 Å². The molecule has 0 spiro atoms. The van der Waals surface area contributed by atoms with Crippen LogP contribution in [0.5, 0.6) is 0 Å². The van der Waals surface area contributed by atoms with E-state index in [1.165, 1.54) is 65.9 Å². The fourth-order valence-electron chi connectivity index (χ4n) is 9.42. The van der Waals surface area contributed by atoms with E-state index >= 15 is 0 Å². The summed E-state index contributed by atoms with van der Waals surface area (Å²) in [6, 6.07) is 85.4. The zero-order chi connectivity index (χ0) is 41.0. The monoisotopic (exact) mass is 789 g/mol. The minimum absolute atomic E-state index is 0.866. The quantitative estimate of drug-likeness (QED) is 0.160. The summed E-state index contributed by atoms with van der Waals surface area (Å²) in [7, 11) is 0. The summed E-state index contributed by atoms with van der Waals surface area (Å²) in [5, 5.41) is 9.49. The van der Waals surface area contributed by atoms with E-state index in [1.54, 1.807) is 0 Å². The summed E-state index contributed by atoms with van der Waals surface area (Å²) in [5.41, 5.74) is 14.6. The van der Waals surface area contributed by atoms with E-state index < -0.39 is 0 Å². The van der Waals surface area contributed by atoms with Gasteiger partial charge in [0.25, 0.3) is 0 Å². The van der Waals surface area contributed by atoms with E-state index in [-0.39, 0.29) is 0 Å². The standard InChI is InChI=1S/C60H39NO/c1-4-18-51-43(11-1)14-8-21-53(51)46-31-36-50(37-32-46)61(57-23-10-24-58-59(57)56-38-33-45-13-3-6-20-55(45)60(56)62-58)49-34-29-41(30-35-49)40-25-27-42(28-26-40)47-16-7-17-48(39-47)54-22-9-15-44-12-2-5-19-52(44)54/h1-39H. The SMILES string of the molecule is c1cc(-c2ccc(-c3ccc(N(c4ccc(-c5cccc6ccccc56)cc4)c4cccc5oc6c7ccccc7ccc6c45)cc3)cc2)cc(-c2cccc3ccccc23)c1. The first kappa shape index (κ1) is 35.7. The minimum Gasteiger partial charge on any atom is -0.455 e. The van der Waals surface area contributed by atoms with E-state index in [0.717, 1.165) is 50.0 Å². The van der Waals surface area contributed by atoms with Crippen LogP contribution in [0.25, 0.3) is 98.8 Å². The van der Waals surface area contributed by atoms with Crippen molar-refractivity contribution in [1.82, 2.24) is 0 Å². The third kappa shape index (κ3) is 6.12. The van der Waals surface area contributed by atoms with E-state index in [4.69, 9.17) is 4.42 Å². The molecule has 0 aliphatic carbocycles. The zero-order valence-electron chi connectivity index (χ0n) is 33.9. The van der Waals surface area contributed by atoms with Crippen LogP contribution in [-0.2, 0) is 0 Å². The van der Waals surface area contributed by atoms with E-state index in [1.807, 2.05) is 0 Å². The molecule has 62 heavy (non-hydrogen) atoms. The first-order valence-corrected chi connectivity index (χ1v) is 21.2. The lowest BCUT2D eigenvalue weighted by Gasteiger charge is -2.26. The van der Waals surface area contributed by atoms with E-state index in [2.05, 4.69) is 241 Å². The first-order valence-electron chi connectivity index (χ1n) is 21.2. The molecule has 0 bridgehead atoms. The number of rotatable bonds is 7. The highest BCUT2D eigenvalue weighted by atomic mass is 16.3. The average molecular weight is 790 g/mol. The molecule has 0 atom stereocenters. The summed E-state index contributed by atoms with van der Waals surface area (Å²) >= 11 is 0. The lowest BCUT2D eigenvalue weighted by Crippen LogP contribution is -2.10. The van der Waals surface area contributed by atoms with Crippen molar-refractivity contribution < 1.29 is 4.42 Å². The van der Waals surface area contributed by atoms with Gasteiger partial charge in [0.2, 0.25) is 0 Å². The fraction of sp³-hybridized carbons (Fsp3) is 0. The number of fused-ring (bicyclic) bond motifs is 7. The Morgan fingerprint density at radius 2 is 0.758 bits per heavy atom. The average Bonchev–Trinajstić information content (AvgIpc) is 3.74. The molecule has 1 heterocycles. The molecule has 12 rings (SSSR count). The van der Waals surface area contributed by atoms with Crippen molar-refractivity contribution in [3.8, 4) is 44.5 Å². The van der Waals surface area contributed by atoms with Gasteiger partial charge in [-0.3, -0.25) is 0 Å². The van der Waals surface area contributed by atoms with Crippen LogP contribution in [0.4, 0.5) is 17.1 Å². The van der Waals surface area contributed by atoms with Crippen LogP contribution < -0.4 is 4.90 Å². The van der Waals surface area contributed by atoms with Crippen molar-refractivity contribution in [3.63, 3.8) is 0 Å². The topological polar surface area (TPSA) is 16.4 Å². The van der Waals surface area contributed by atoms with Crippen LogP contribution in [-0.4, -0.2) is 0 Å². The molecule has 0 N–H and O–H groups in total. The highest BCUT2D eigenvalue weighted by molar-refractivity contribution is 6.19. The predicted molar refractivity (Wildman–Crippen MR) is 263 cm³/mol. The molecule has 0 amide bonds. The van der Waals surface area contributed by atoms with Gasteiger partial charge in [-0.05, 0) is 120 Å². The van der Waals surface area contributed by atoms with Crippen LogP contribution in [0.15, 0.2) is 241 Å². The predicted octanol–water partition coefficient (Wildman–Crippen LogP) is 17.2. The van der Waals surface area contributed by atoms with E-state index in [0.29, 0.717) is 0 Å². The summed E-state index contributed by atoms with van der Waals surface area (Å²) in [4.78, 5) is 2.37. The Labute approximate surface area is 360 Å². The summed E-state index contributed by atoms with van der Waals surface area (Å²) < 4.78 is 6.68. The molecule has 0 unspecified atom stereocenters. The second kappa shape index (κ2) is 14.8. The first-order chi connectivity index (χ1) is 30.7. The Morgan fingerprint density at radius 1 is 0.290 bits per heavy atom. The highest BCUT2D eigenvalue weighted by Gasteiger charge is 2.21. The van der Waals surface area contributed by atoms with Gasteiger partial charge in [-0.25, -0.2) is 0 Å². The maximum absolute atomic E-state index is 6.68. The molecule has 0 saturated heterocycles. The molecule has 0 aliphatic rings. The maximum atomic E-state index is 6.68. The largest absolute Gasteiger partial charge is 0.455 e. The molecule has 12 aromatic rings. The second-order valence-corrected chi connectivity index (χ2v) is 16.1. The summed E-state index contributed by atoms with van der Waals surface area (Å²) in [6.45, 7) is 0. The van der Waals surface area contributed by atoms with Crippen molar-refractivity contribution >= 4 is 71.3 Å². The highest BCUT2D eigenvalue weighted by Crippen LogP contribution is 2.45. The van der Waals surface area contributed by atoms with Gasteiger partial charge in [0.05, 0.1) is 11.1 Å². The molecule has 0 fully saturated rings. The number of furan rings is 1. The third-order valence-electron chi connectivity index (χ3n) is 12.5. The Hall–Kier alpha value is -8.20. The molecule has 0 saturated carbocycles. The Balaban J connectivity index is 0.925. The van der Waals surface area contributed by atoms with Crippen LogP contribution in [0.3, 0.4) is 0 Å². The molecule has 290 valence electrons. The van der Waals surface area contributed by atoms with Crippen LogP contribution in [0.2, 0.25) is 0 Å². The zero-order valence-corrected chi connectivity index (χ0v) is 33.9. The minimum atomic E-state index is 0.866. The molecule has 0 radical (unpaired) electrons. The Kier molecular flexibility index (Phi) is 8.53. The molecule has 11 aromatic carbocycles. The molecule has 1 aromatic heterocycles. The number of nitrogens with zero attached hydrogens (tertiary/aromatic N) is 1. The normalized spacial score (nSPS) is 11.5. The van der Waals surface area contributed by atoms with Crippen LogP contribution in [0, 0.1) is 0 Å². The smallest absolute Gasteiger partial charge is 0.143 e. The third-order valence-corrected chi connectivity index (χ3v) is 12.5. The van der Waals surface area contributed by atoms with Gasteiger partial charge in [0.15, 0.2) is 0 Å². The van der Waals surface area contributed by atoms with Gasteiger partial charge in [0.1, 0.15) is 11.2 Å². The Morgan fingerprint density at radius 3 is 1.40 bits per heavy atom. The number of hydrogen-bond donors (Lipinski definition) is 0. The maximum Gasteiger partial charge on any atom is 0.143 e. The molecular weight excluding hydrogens is 751 g/mol. The van der Waals surface area contributed by atoms with Gasteiger partial charge in [-0.1, -0.05) is 188 Å².